The van der Waals surface area contributed by atoms with Crippen molar-refractivity contribution in [3.8, 4) is 0 Å². The second-order valence-electron chi connectivity index (χ2n) is 4.27. The van der Waals surface area contributed by atoms with Gasteiger partial charge in [0.1, 0.15) is 5.37 Å². The maximum Gasteiger partial charge on any atom is 0.416 e. The number of alkyl halides is 3. The minimum absolute atomic E-state index is 0.262. The van der Waals surface area contributed by atoms with Gasteiger partial charge >= 0.3 is 6.18 Å². The summed E-state index contributed by atoms with van der Waals surface area (Å²) in [5, 5.41) is 1.62. The molecule has 1 aromatic rings. The molecule has 0 spiro atoms. The Kier molecular flexibility index (Phi) is 3.81. The fourth-order valence-corrected chi connectivity index (χ4v) is 4.19. The Bertz CT molecular complexity index is 580. The van der Waals surface area contributed by atoms with Crippen molar-refractivity contribution in [3.05, 3.63) is 28.8 Å². The van der Waals surface area contributed by atoms with E-state index >= 15 is 0 Å². The van der Waals surface area contributed by atoms with Crippen LogP contribution in [0.5, 0.6) is 0 Å². The van der Waals surface area contributed by atoms with Crippen molar-refractivity contribution in [2.24, 2.45) is 0 Å². The third-order valence-corrected chi connectivity index (χ3v) is 5.50. The van der Waals surface area contributed by atoms with Crippen molar-refractivity contribution in [3.63, 3.8) is 0 Å². The lowest BCUT2D eigenvalue weighted by Gasteiger charge is -2.14. The van der Waals surface area contributed by atoms with Gasteiger partial charge in [0.15, 0.2) is 9.84 Å². The van der Waals surface area contributed by atoms with Crippen LogP contribution in [0.15, 0.2) is 23.1 Å². The van der Waals surface area contributed by atoms with Crippen LogP contribution >= 0.6 is 11.6 Å². The lowest BCUT2D eigenvalue weighted by Crippen LogP contribution is -2.31. The van der Waals surface area contributed by atoms with Crippen molar-refractivity contribution in [1.82, 2.24) is 5.32 Å². The normalized spacial score (nSPS) is 20.7. The van der Waals surface area contributed by atoms with Gasteiger partial charge in [0, 0.05) is 0 Å². The third-order valence-electron chi connectivity index (χ3n) is 2.96. The molecule has 0 radical (unpaired) electrons. The number of benzene rings is 1. The van der Waals surface area contributed by atoms with E-state index in [9.17, 15) is 21.6 Å². The average Bonchev–Trinajstić information content (AvgIpc) is 2.81. The largest absolute Gasteiger partial charge is 0.416 e. The number of nitrogens with one attached hydrogen (secondary N) is 1. The monoisotopic (exact) mass is 313 g/mol. The van der Waals surface area contributed by atoms with Gasteiger partial charge in [-0.1, -0.05) is 11.6 Å². The molecule has 19 heavy (non-hydrogen) atoms. The molecule has 1 heterocycles. The van der Waals surface area contributed by atoms with E-state index in [-0.39, 0.29) is 4.90 Å². The van der Waals surface area contributed by atoms with Crippen molar-refractivity contribution in [2.75, 3.05) is 6.54 Å². The molecule has 1 unspecified atom stereocenters. The number of halogens is 4. The van der Waals surface area contributed by atoms with Crippen LogP contribution in [0.1, 0.15) is 18.4 Å². The molecule has 1 aliphatic heterocycles. The van der Waals surface area contributed by atoms with E-state index in [0.29, 0.717) is 25.5 Å². The minimum Gasteiger partial charge on any atom is -0.301 e. The van der Waals surface area contributed by atoms with Crippen LogP contribution < -0.4 is 5.32 Å². The molecule has 106 valence electrons. The van der Waals surface area contributed by atoms with Crippen LogP contribution in [0.3, 0.4) is 0 Å². The zero-order chi connectivity index (χ0) is 14.3. The Hall–Kier alpha value is -0.790. The Morgan fingerprint density at radius 3 is 2.47 bits per heavy atom. The predicted molar refractivity (Wildman–Crippen MR) is 64.7 cm³/mol. The fourth-order valence-electron chi connectivity index (χ4n) is 1.98. The van der Waals surface area contributed by atoms with Gasteiger partial charge in [-0.05, 0) is 37.6 Å². The lowest BCUT2D eigenvalue weighted by molar-refractivity contribution is -0.137. The van der Waals surface area contributed by atoms with E-state index < -0.39 is 32.0 Å². The molecule has 0 bridgehead atoms. The van der Waals surface area contributed by atoms with Crippen molar-refractivity contribution in [2.45, 2.75) is 29.3 Å². The molecule has 0 aromatic heterocycles. The summed E-state index contributed by atoms with van der Waals surface area (Å²) in [6.45, 7) is 0.572. The first kappa shape index (κ1) is 14.6. The maximum absolute atomic E-state index is 12.5. The number of sulfone groups is 1. The summed E-state index contributed by atoms with van der Waals surface area (Å²) in [4.78, 5) is -0.262. The highest BCUT2D eigenvalue weighted by Crippen LogP contribution is 2.34. The summed E-state index contributed by atoms with van der Waals surface area (Å²) in [6, 6.07) is 2.29. The summed E-state index contributed by atoms with van der Waals surface area (Å²) in [7, 11) is -3.74. The molecule has 3 nitrogen and oxygen atoms in total. The van der Waals surface area contributed by atoms with Crippen LogP contribution in [-0.4, -0.2) is 20.3 Å². The lowest BCUT2D eigenvalue weighted by atomic mass is 10.2. The minimum atomic E-state index is -4.54. The predicted octanol–water partition coefficient (Wildman–Crippen LogP) is 2.84. The summed E-state index contributed by atoms with van der Waals surface area (Å²) in [5.41, 5.74) is -0.962. The van der Waals surface area contributed by atoms with Gasteiger partial charge in [-0.2, -0.15) is 13.2 Å². The summed E-state index contributed by atoms with van der Waals surface area (Å²) >= 11 is 5.69. The number of hydrogen-bond donors (Lipinski definition) is 1. The molecule has 0 aliphatic carbocycles. The molecule has 1 N–H and O–H groups in total. The molecule has 1 atom stereocenters. The van der Waals surface area contributed by atoms with Gasteiger partial charge in [0.2, 0.25) is 0 Å². The van der Waals surface area contributed by atoms with Gasteiger partial charge in [-0.25, -0.2) is 8.42 Å². The molecular formula is C11H11ClF3NO2S. The molecule has 1 saturated heterocycles. The maximum atomic E-state index is 12.5. The standard InChI is InChI=1S/C11H11ClF3NO2S/c12-8-6-7(11(13,14)15)3-4-9(8)19(17,18)10-2-1-5-16-10/h3-4,6,10,16H,1-2,5H2. The third kappa shape index (κ3) is 2.88. The van der Waals surface area contributed by atoms with Crippen LogP contribution in [0.4, 0.5) is 13.2 Å². The number of rotatable bonds is 2. The molecule has 0 amide bonds. The molecule has 2 rings (SSSR count). The highest BCUT2D eigenvalue weighted by molar-refractivity contribution is 7.92. The van der Waals surface area contributed by atoms with Gasteiger partial charge in [0.25, 0.3) is 0 Å². The molecule has 1 fully saturated rings. The van der Waals surface area contributed by atoms with E-state index in [1.54, 1.807) is 0 Å². The van der Waals surface area contributed by atoms with E-state index in [0.717, 1.165) is 12.1 Å². The van der Waals surface area contributed by atoms with Crippen LogP contribution in [0, 0.1) is 0 Å². The first-order valence-electron chi connectivity index (χ1n) is 5.57. The summed E-state index contributed by atoms with van der Waals surface area (Å²) in [5.74, 6) is 0. The smallest absolute Gasteiger partial charge is 0.301 e. The molecule has 1 aromatic carbocycles. The molecule has 0 saturated carbocycles. The summed E-state index contributed by atoms with van der Waals surface area (Å²) < 4.78 is 61.8. The highest BCUT2D eigenvalue weighted by atomic mass is 35.5. The second-order valence-corrected chi connectivity index (χ2v) is 6.78. The Balaban J connectivity index is 2.41. The Labute approximate surface area is 113 Å². The number of hydrogen-bond acceptors (Lipinski definition) is 3. The van der Waals surface area contributed by atoms with E-state index in [2.05, 4.69) is 5.32 Å². The van der Waals surface area contributed by atoms with Gasteiger partial charge in [-0.15, -0.1) is 0 Å². The Morgan fingerprint density at radius 1 is 1.32 bits per heavy atom. The highest BCUT2D eigenvalue weighted by Gasteiger charge is 2.35. The summed E-state index contributed by atoms with van der Waals surface area (Å²) in [6.07, 6.45) is -3.40. The van der Waals surface area contributed by atoms with Crippen molar-refractivity contribution in [1.29, 1.82) is 0 Å². The van der Waals surface area contributed by atoms with Gasteiger partial charge in [-0.3, -0.25) is 0 Å². The van der Waals surface area contributed by atoms with Gasteiger partial charge in [0.05, 0.1) is 15.5 Å². The first-order chi connectivity index (χ1) is 8.73. The zero-order valence-corrected chi connectivity index (χ0v) is 11.2. The SMILES string of the molecule is O=S(=O)(c1ccc(C(F)(F)F)cc1Cl)C1CCCN1. The van der Waals surface area contributed by atoms with E-state index in [1.807, 2.05) is 0 Å². The topological polar surface area (TPSA) is 46.2 Å². The van der Waals surface area contributed by atoms with Crippen LogP contribution in [-0.2, 0) is 16.0 Å². The average molecular weight is 314 g/mol. The second kappa shape index (κ2) is 4.96. The molecule has 8 heteroatoms. The fraction of sp³-hybridized carbons (Fsp3) is 0.455. The molecular weight excluding hydrogens is 303 g/mol. The zero-order valence-electron chi connectivity index (χ0n) is 9.67. The van der Waals surface area contributed by atoms with Gasteiger partial charge < -0.3 is 5.32 Å². The van der Waals surface area contributed by atoms with Crippen LogP contribution in [0.2, 0.25) is 5.02 Å². The van der Waals surface area contributed by atoms with Crippen LogP contribution in [0.25, 0.3) is 0 Å². The van der Waals surface area contributed by atoms with Crippen molar-refractivity contribution >= 4 is 21.4 Å². The van der Waals surface area contributed by atoms with Crippen molar-refractivity contribution < 1.29 is 21.6 Å². The Morgan fingerprint density at radius 2 is 2.00 bits per heavy atom. The van der Waals surface area contributed by atoms with E-state index in [4.69, 9.17) is 11.6 Å². The molecule has 1 aliphatic rings. The quantitative estimate of drug-likeness (QED) is 0.913. The van der Waals surface area contributed by atoms with E-state index in [1.165, 1.54) is 0 Å². The first-order valence-corrected chi connectivity index (χ1v) is 7.49.